The molecule has 0 aliphatic heterocycles. The van der Waals surface area contributed by atoms with Gasteiger partial charge in [-0.15, -0.1) is 6.58 Å². The number of hydrogen-bond acceptors (Lipinski definition) is 2. The minimum absolute atomic E-state index is 0.359. The molecule has 0 heterocycles. The van der Waals surface area contributed by atoms with Gasteiger partial charge in [0.15, 0.2) is 0 Å². The summed E-state index contributed by atoms with van der Waals surface area (Å²) < 4.78 is 0. The highest BCUT2D eigenvalue weighted by atomic mass is 15.2. The van der Waals surface area contributed by atoms with E-state index in [1.807, 2.05) is 0 Å². The Kier molecular flexibility index (Phi) is 6.15. The average Bonchev–Trinajstić information content (AvgIpc) is 2.09. The van der Waals surface area contributed by atoms with Gasteiger partial charge in [0, 0.05) is 6.04 Å². The van der Waals surface area contributed by atoms with E-state index in [9.17, 15) is 0 Å². The van der Waals surface area contributed by atoms with Crippen LogP contribution in [0.4, 0.5) is 0 Å². The predicted molar refractivity (Wildman–Crippen MR) is 68.4 cm³/mol. The fraction of sp³-hybridized carbons (Fsp3) is 0.846. The second-order valence-corrected chi connectivity index (χ2v) is 5.86. The summed E-state index contributed by atoms with van der Waals surface area (Å²) in [5, 5.41) is 0. The van der Waals surface area contributed by atoms with Gasteiger partial charge in [0.05, 0.1) is 0 Å². The van der Waals surface area contributed by atoms with Crippen molar-refractivity contribution in [2.45, 2.75) is 59.9 Å². The topological polar surface area (TPSA) is 38.0 Å². The summed E-state index contributed by atoms with van der Waals surface area (Å²) in [5.41, 5.74) is 4.51. The first-order valence-electron chi connectivity index (χ1n) is 5.88. The molecule has 0 aliphatic carbocycles. The Labute approximate surface area is 95.3 Å². The molecule has 0 bridgehead atoms. The van der Waals surface area contributed by atoms with Crippen molar-refractivity contribution in [2.75, 3.05) is 0 Å². The second-order valence-electron chi connectivity index (χ2n) is 5.86. The fourth-order valence-corrected chi connectivity index (χ4v) is 1.47. The lowest BCUT2D eigenvalue weighted by Gasteiger charge is -2.30. The zero-order valence-corrected chi connectivity index (χ0v) is 11.1. The Morgan fingerprint density at radius 2 is 1.93 bits per heavy atom. The lowest BCUT2D eigenvalue weighted by molar-refractivity contribution is 0.219. The lowest BCUT2D eigenvalue weighted by atomic mass is 9.78. The first-order valence-corrected chi connectivity index (χ1v) is 5.88. The molecule has 2 atom stereocenters. The molecular weight excluding hydrogens is 184 g/mol. The van der Waals surface area contributed by atoms with Crippen molar-refractivity contribution in [3.8, 4) is 0 Å². The van der Waals surface area contributed by atoms with Crippen LogP contribution in [-0.4, -0.2) is 6.04 Å². The zero-order valence-electron chi connectivity index (χ0n) is 11.1. The summed E-state index contributed by atoms with van der Waals surface area (Å²) in [6.45, 7) is 15.1. The van der Waals surface area contributed by atoms with E-state index < -0.39 is 0 Å². The number of nitrogens with two attached hydrogens (primary N) is 1. The van der Waals surface area contributed by atoms with Crippen LogP contribution in [0.3, 0.4) is 0 Å². The SMILES string of the molecule is C=C(C)CCC(CC(C)C(C)(C)C)NN. The van der Waals surface area contributed by atoms with Crippen molar-refractivity contribution in [1.29, 1.82) is 0 Å². The highest BCUT2D eigenvalue weighted by Crippen LogP contribution is 2.29. The molecule has 2 unspecified atom stereocenters. The summed E-state index contributed by atoms with van der Waals surface area (Å²) >= 11 is 0. The molecule has 90 valence electrons. The van der Waals surface area contributed by atoms with Crippen molar-refractivity contribution in [2.24, 2.45) is 17.2 Å². The quantitative estimate of drug-likeness (QED) is 0.403. The normalized spacial score (nSPS) is 16.1. The maximum Gasteiger partial charge on any atom is 0.0216 e. The van der Waals surface area contributed by atoms with Gasteiger partial charge in [0.2, 0.25) is 0 Å². The van der Waals surface area contributed by atoms with Gasteiger partial charge in [0.25, 0.3) is 0 Å². The van der Waals surface area contributed by atoms with E-state index in [4.69, 9.17) is 5.84 Å². The van der Waals surface area contributed by atoms with E-state index in [1.165, 1.54) is 5.57 Å². The van der Waals surface area contributed by atoms with Crippen LogP contribution in [0.5, 0.6) is 0 Å². The Hall–Kier alpha value is -0.340. The van der Waals surface area contributed by atoms with Gasteiger partial charge in [-0.05, 0) is 37.5 Å². The first kappa shape index (κ1) is 14.7. The lowest BCUT2D eigenvalue weighted by Crippen LogP contribution is -2.38. The van der Waals surface area contributed by atoms with E-state index in [0.717, 1.165) is 19.3 Å². The minimum atomic E-state index is 0.359. The molecule has 0 fully saturated rings. The van der Waals surface area contributed by atoms with Crippen LogP contribution in [0.1, 0.15) is 53.9 Å². The molecule has 0 amide bonds. The van der Waals surface area contributed by atoms with Crippen molar-refractivity contribution < 1.29 is 0 Å². The van der Waals surface area contributed by atoms with Crippen LogP contribution in [0, 0.1) is 11.3 Å². The predicted octanol–water partition coefficient (Wildman–Crippen LogP) is 3.25. The van der Waals surface area contributed by atoms with Crippen molar-refractivity contribution >= 4 is 0 Å². The Balaban J connectivity index is 4.04. The third-order valence-corrected chi connectivity index (χ3v) is 3.27. The van der Waals surface area contributed by atoms with Gasteiger partial charge in [0.1, 0.15) is 0 Å². The number of allylic oxidation sites excluding steroid dienone is 1. The Bertz CT molecular complexity index is 191. The molecule has 0 saturated carbocycles. The van der Waals surface area contributed by atoms with Crippen molar-refractivity contribution in [3.05, 3.63) is 12.2 Å². The molecule has 0 aromatic heterocycles. The van der Waals surface area contributed by atoms with E-state index in [-0.39, 0.29) is 0 Å². The van der Waals surface area contributed by atoms with Crippen LogP contribution in [-0.2, 0) is 0 Å². The van der Waals surface area contributed by atoms with E-state index in [2.05, 4.69) is 46.6 Å². The molecule has 0 aliphatic rings. The van der Waals surface area contributed by atoms with Gasteiger partial charge in [-0.1, -0.05) is 33.3 Å². The number of nitrogens with one attached hydrogen (secondary N) is 1. The average molecular weight is 212 g/mol. The molecule has 0 radical (unpaired) electrons. The summed E-state index contributed by atoms with van der Waals surface area (Å²) in [6, 6.07) is 0.413. The molecule has 0 spiro atoms. The largest absolute Gasteiger partial charge is 0.271 e. The Morgan fingerprint density at radius 1 is 1.40 bits per heavy atom. The van der Waals surface area contributed by atoms with Crippen LogP contribution >= 0.6 is 0 Å². The maximum absolute atomic E-state index is 5.57. The molecule has 0 aromatic carbocycles. The highest BCUT2D eigenvalue weighted by molar-refractivity contribution is 4.89. The monoisotopic (exact) mass is 212 g/mol. The van der Waals surface area contributed by atoms with Gasteiger partial charge >= 0.3 is 0 Å². The molecule has 2 nitrogen and oxygen atoms in total. The smallest absolute Gasteiger partial charge is 0.0216 e. The molecule has 0 aromatic rings. The van der Waals surface area contributed by atoms with E-state index in [0.29, 0.717) is 17.4 Å². The van der Waals surface area contributed by atoms with Gasteiger partial charge in [-0.3, -0.25) is 11.3 Å². The molecule has 2 heteroatoms. The van der Waals surface area contributed by atoms with Crippen LogP contribution in [0.2, 0.25) is 0 Å². The number of rotatable bonds is 6. The fourth-order valence-electron chi connectivity index (χ4n) is 1.47. The molecular formula is C13H28N2. The zero-order chi connectivity index (χ0) is 12.1. The number of hydrazine groups is 1. The van der Waals surface area contributed by atoms with Crippen molar-refractivity contribution in [3.63, 3.8) is 0 Å². The van der Waals surface area contributed by atoms with Gasteiger partial charge < -0.3 is 0 Å². The second kappa shape index (κ2) is 6.29. The van der Waals surface area contributed by atoms with Crippen LogP contribution < -0.4 is 11.3 Å². The summed E-state index contributed by atoms with van der Waals surface area (Å²) in [7, 11) is 0. The Morgan fingerprint density at radius 3 is 2.27 bits per heavy atom. The van der Waals surface area contributed by atoms with Crippen LogP contribution in [0.25, 0.3) is 0 Å². The van der Waals surface area contributed by atoms with Gasteiger partial charge in [-0.2, -0.15) is 0 Å². The van der Waals surface area contributed by atoms with Crippen molar-refractivity contribution in [1.82, 2.24) is 5.43 Å². The van der Waals surface area contributed by atoms with Gasteiger partial charge in [-0.25, -0.2) is 0 Å². The third kappa shape index (κ3) is 6.69. The molecule has 0 saturated heterocycles. The molecule has 3 N–H and O–H groups in total. The van der Waals surface area contributed by atoms with E-state index >= 15 is 0 Å². The standard InChI is InChI=1S/C13H28N2/c1-10(2)7-8-12(15-14)9-11(3)13(4,5)6/h11-12,15H,1,7-9,14H2,2-6H3. The molecule has 15 heavy (non-hydrogen) atoms. The van der Waals surface area contributed by atoms with E-state index in [1.54, 1.807) is 0 Å². The summed E-state index contributed by atoms with van der Waals surface area (Å²) in [4.78, 5) is 0. The first-order chi connectivity index (χ1) is 6.77. The minimum Gasteiger partial charge on any atom is -0.271 e. The highest BCUT2D eigenvalue weighted by Gasteiger charge is 2.22. The number of hydrogen-bond donors (Lipinski definition) is 2. The van der Waals surface area contributed by atoms with Crippen LogP contribution in [0.15, 0.2) is 12.2 Å². The summed E-state index contributed by atoms with van der Waals surface area (Å²) in [5.74, 6) is 6.24. The maximum atomic E-state index is 5.57. The molecule has 0 rings (SSSR count). The summed E-state index contributed by atoms with van der Waals surface area (Å²) in [6.07, 6.45) is 3.28. The third-order valence-electron chi connectivity index (χ3n) is 3.27.